The Bertz CT molecular complexity index is 875. The average molecular weight is 421 g/mol. The van der Waals surface area contributed by atoms with Crippen LogP contribution in [-0.2, 0) is 6.18 Å². The van der Waals surface area contributed by atoms with E-state index in [9.17, 15) is 22.8 Å². The van der Waals surface area contributed by atoms with Crippen LogP contribution in [0.3, 0.4) is 0 Å². The number of hydrogen-bond donors (Lipinski definition) is 1. The van der Waals surface area contributed by atoms with Crippen molar-refractivity contribution in [2.45, 2.75) is 32.0 Å². The third-order valence-electron chi connectivity index (χ3n) is 4.85. The van der Waals surface area contributed by atoms with Crippen LogP contribution in [0.4, 0.5) is 13.2 Å². The number of nitrogens with one attached hydrogen (secondary N) is 1. The number of halogens is 3. The first-order valence-electron chi connectivity index (χ1n) is 9.64. The molecule has 0 aliphatic carbocycles. The lowest BCUT2D eigenvalue weighted by atomic mass is 10.0. The number of rotatable bonds is 5. The summed E-state index contributed by atoms with van der Waals surface area (Å²) in [5.74, 6) is 0.135. The molecule has 2 heterocycles. The minimum absolute atomic E-state index is 0.0656. The fourth-order valence-corrected chi connectivity index (χ4v) is 3.23. The molecule has 0 spiro atoms. The van der Waals surface area contributed by atoms with Crippen molar-refractivity contribution in [2.24, 2.45) is 0 Å². The van der Waals surface area contributed by atoms with Gasteiger partial charge in [0.15, 0.2) is 0 Å². The van der Waals surface area contributed by atoms with Gasteiger partial charge in [0.05, 0.1) is 12.2 Å². The Hall–Kier alpha value is -3.10. The maximum Gasteiger partial charge on any atom is 0.433 e. The summed E-state index contributed by atoms with van der Waals surface area (Å²) in [6.07, 6.45) is -2.51. The Morgan fingerprint density at radius 3 is 2.27 bits per heavy atom. The number of ether oxygens (including phenoxy) is 1. The summed E-state index contributed by atoms with van der Waals surface area (Å²) in [6.45, 7) is 3.38. The number of carbonyl (C=O) groups excluding carboxylic acids is 2. The molecular formula is C21H22F3N3O3. The second-order valence-corrected chi connectivity index (χ2v) is 6.93. The van der Waals surface area contributed by atoms with Crippen LogP contribution in [0.25, 0.3) is 0 Å². The van der Waals surface area contributed by atoms with Crippen LogP contribution in [0, 0.1) is 0 Å². The molecule has 2 aromatic rings. The van der Waals surface area contributed by atoms with E-state index < -0.39 is 17.8 Å². The molecule has 0 unspecified atom stereocenters. The largest absolute Gasteiger partial charge is 0.494 e. The van der Waals surface area contributed by atoms with Gasteiger partial charge in [-0.2, -0.15) is 13.2 Å². The number of amides is 2. The summed E-state index contributed by atoms with van der Waals surface area (Å²) >= 11 is 0. The molecule has 2 amide bonds. The molecule has 1 aromatic heterocycles. The quantitative estimate of drug-likeness (QED) is 0.802. The molecule has 1 N–H and O–H groups in total. The van der Waals surface area contributed by atoms with Gasteiger partial charge in [0, 0.05) is 30.9 Å². The molecule has 0 saturated carbocycles. The van der Waals surface area contributed by atoms with Gasteiger partial charge in [0.2, 0.25) is 0 Å². The third-order valence-corrected chi connectivity index (χ3v) is 4.85. The first-order chi connectivity index (χ1) is 14.3. The van der Waals surface area contributed by atoms with E-state index in [4.69, 9.17) is 4.74 Å². The highest BCUT2D eigenvalue weighted by Crippen LogP contribution is 2.27. The summed E-state index contributed by atoms with van der Waals surface area (Å²) in [7, 11) is 0. The lowest BCUT2D eigenvalue weighted by Crippen LogP contribution is -2.46. The normalized spacial score (nSPS) is 15.0. The van der Waals surface area contributed by atoms with Crippen LogP contribution in [-0.4, -0.2) is 47.4 Å². The van der Waals surface area contributed by atoms with Crippen molar-refractivity contribution in [1.29, 1.82) is 0 Å². The summed E-state index contributed by atoms with van der Waals surface area (Å²) in [5, 5.41) is 2.80. The summed E-state index contributed by atoms with van der Waals surface area (Å²) in [4.78, 5) is 29.9. The zero-order valence-electron chi connectivity index (χ0n) is 16.4. The molecule has 1 aromatic carbocycles. The van der Waals surface area contributed by atoms with Gasteiger partial charge in [-0.15, -0.1) is 0 Å². The van der Waals surface area contributed by atoms with Crippen LogP contribution < -0.4 is 10.1 Å². The van der Waals surface area contributed by atoms with Crippen LogP contribution in [0.2, 0.25) is 0 Å². The highest BCUT2D eigenvalue weighted by atomic mass is 19.4. The van der Waals surface area contributed by atoms with Gasteiger partial charge in [-0.05, 0) is 56.2 Å². The third kappa shape index (κ3) is 5.28. The monoisotopic (exact) mass is 421 g/mol. The topological polar surface area (TPSA) is 71.5 Å². The summed E-state index contributed by atoms with van der Waals surface area (Å²) < 4.78 is 43.1. The Labute approximate surface area is 172 Å². The van der Waals surface area contributed by atoms with Crippen molar-refractivity contribution in [3.8, 4) is 5.75 Å². The molecule has 3 rings (SSSR count). The number of benzene rings is 1. The first-order valence-corrected chi connectivity index (χ1v) is 9.64. The summed E-state index contributed by atoms with van der Waals surface area (Å²) in [5.41, 5.74) is -0.409. The number of alkyl halides is 3. The lowest BCUT2D eigenvalue weighted by molar-refractivity contribution is -0.141. The van der Waals surface area contributed by atoms with Crippen LogP contribution in [0.15, 0.2) is 42.6 Å². The standard InChI is InChI=1S/C21H22F3N3O3/c1-2-30-17-6-3-14(4-7-17)20(29)27-11-9-16(10-12-27)26-19(28)15-5-8-18(25-13-15)21(22,23)24/h3-8,13,16H,2,9-12H2,1H3,(H,26,28). The molecule has 1 saturated heterocycles. The van der Waals surface area contributed by atoms with E-state index in [0.29, 0.717) is 43.9 Å². The predicted molar refractivity (Wildman–Crippen MR) is 103 cm³/mol. The zero-order chi connectivity index (χ0) is 21.7. The van der Waals surface area contributed by atoms with Crippen molar-refractivity contribution in [2.75, 3.05) is 19.7 Å². The van der Waals surface area contributed by atoms with Gasteiger partial charge in [0.1, 0.15) is 11.4 Å². The molecule has 6 nitrogen and oxygen atoms in total. The predicted octanol–water partition coefficient (Wildman–Crippen LogP) is 3.53. The molecule has 30 heavy (non-hydrogen) atoms. The number of nitrogens with zero attached hydrogens (tertiary/aromatic N) is 2. The van der Waals surface area contributed by atoms with E-state index in [2.05, 4.69) is 10.3 Å². The number of hydrogen-bond acceptors (Lipinski definition) is 4. The molecule has 1 aliphatic heterocycles. The number of aromatic nitrogens is 1. The zero-order valence-corrected chi connectivity index (χ0v) is 16.4. The molecule has 1 aliphatic rings. The van der Waals surface area contributed by atoms with Crippen molar-refractivity contribution in [3.05, 3.63) is 59.4 Å². The maximum absolute atomic E-state index is 12.6. The van der Waals surface area contributed by atoms with E-state index in [0.717, 1.165) is 18.3 Å². The molecule has 0 bridgehead atoms. The molecule has 9 heteroatoms. The summed E-state index contributed by atoms with van der Waals surface area (Å²) in [6, 6.07) is 8.67. The van der Waals surface area contributed by atoms with Gasteiger partial charge < -0.3 is 15.0 Å². The number of pyridine rings is 1. The Balaban J connectivity index is 1.51. The molecular weight excluding hydrogens is 399 g/mol. The van der Waals surface area contributed by atoms with Crippen molar-refractivity contribution >= 4 is 11.8 Å². The van der Waals surface area contributed by atoms with Gasteiger partial charge in [-0.25, -0.2) is 0 Å². The number of piperidine rings is 1. The van der Waals surface area contributed by atoms with E-state index >= 15 is 0 Å². The minimum atomic E-state index is -4.54. The minimum Gasteiger partial charge on any atom is -0.494 e. The Kier molecular flexibility index (Phi) is 6.59. The highest BCUT2D eigenvalue weighted by Gasteiger charge is 2.32. The van der Waals surface area contributed by atoms with E-state index in [1.807, 2.05) is 6.92 Å². The molecule has 0 atom stereocenters. The molecule has 160 valence electrons. The molecule has 1 fully saturated rings. The average Bonchev–Trinajstić information content (AvgIpc) is 2.74. The van der Waals surface area contributed by atoms with Crippen LogP contribution >= 0.6 is 0 Å². The van der Waals surface area contributed by atoms with Crippen molar-refractivity contribution < 1.29 is 27.5 Å². The number of likely N-dealkylation sites (tertiary alicyclic amines) is 1. The lowest BCUT2D eigenvalue weighted by Gasteiger charge is -2.32. The molecule has 0 radical (unpaired) electrons. The highest BCUT2D eigenvalue weighted by molar-refractivity contribution is 5.95. The van der Waals surface area contributed by atoms with Crippen molar-refractivity contribution in [1.82, 2.24) is 15.2 Å². The number of carbonyl (C=O) groups is 2. The van der Waals surface area contributed by atoms with Gasteiger partial charge >= 0.3 is 6.18 Å². The second kappa shape index (κ2) is 9.15. The van der Waals surface area contributed by atoms with E-state index in [1.54, 1.807) is 29.2 Å². The van der Waals surface area contributed by atoms with Gasteiger partial charge in [0.25, 0.3) is 11.8 Å². The fourth-order valence-electron chi connectivity index (χ4n) is 3.23. The Morgan fingerprint density at radius 1 is 1.10 bits per heavy atom. The second-order valence-electron chi connectivity index (χ2n) is 6.93. The van der Waals surface area contributed by atoms with E-state index in [1.165, 1.54) is 0 Å². The van der Waals surface area contributed by atoms with Gasteiger partial charge in [-0.1, -0.05) is 0 Å². The Morgan fingerprint density at radius 2 is 1.73 bits per heavy atom. The SMILES string of the molecule is CCOc1ccc(C(=O)N2CCC(NC(=O)c3ccc(C(F)(F)F)nc3)CC2)cc1. The van der Waals surface area contributed by atoms with Crippen molar-refractivity contribution in [3.63, 3.8) is 0 Å². The smallest absolute Gasteiger partial charge is 0.433 e. The van der Waals surface area contributed by atoms with E-state index in [-0.39, 0.29) is 17.5 Å². The maximum atomic E-state index is 12.6. The first kappa shape index (κ1) is 21.6. The fraction of sp³-hybridized carbons (Fsp3) is 0.381. The van der Waals surface area contributed by atoms with Gasteiger partial charge in [-0.3, -0.25) is 14.6 Å². The van der Waals surface area contributed by atoms with Crippen LogP contribution in [0.1, 0.15) is 46.2 Å². The van der Waals surface area contributed by atoms with Crippen LogP contribution in [0.5, 0.6) is 5.75 Å².